The molecule has 1 fully saturated rings. The van der Waals surface area contributed by atoms with Crippen molar-refractivity contribution in [2.45, 2.75) is 12.8 Å². The Kier molecular flexibility index (Phi) is 6.00. The molecule has 0 atom stereocenters. The van der Waals surface area contributed by atoms with E-state index in [9.17, 15) is 9.59 Å². The number of benzene rings is 2. The highest BCUT2D eigenvalue weighted by atomic mass is 35.5. The summed E-state index contributed by atoms with van der Waals surface area (Å²) in [4.78, 5) is 40.9. The number of hydrogen-bond donors (Lipinski definition) is 1. The fraction of sp³-hybridized carbons (Fsp3) is 0.200. The topological polar surface area (TPSA) is 92.6 Å². The van der Waals surface area contributed by atoms with Crippen LogP contribution in [0.3, 0.4) is 0 Å². The summed E-state index contributed by atoms with van der Waals surface area (Å²) < 4.78 is 1.91. The van der Waals surface area contributed by atoms with Crippen LogP contribution in [-0.4, -0.2) is 45.0 Å². The Labute approximate surface area is 206 Å². The number of anilines is 3. The van der Waals surface area contributed by atoms with E-state index >= 15 is 0 Å². The van der Waals surface area contributed by atoms with Crippen LogP contribution in [0.4, 0.5) is 17.3 Å². The first-order valence-corrected chi connectivity index (χ1v) is 11.5. The molecule has 10 heteroatoms. The molecule has 0 aliphatic carbocycles. The fourth-order valence-corrected chi connectivity index (χ4v) is 4.25. The van der Waals surface area contributed by atoms with Crippen molar-refractivity contribution >= 4 is 51.8 Å². The van der Waals surface area contributed by atoms with Gasteiger partial charge < -0.3 is 19.6 Å². The predicted octanol–water partition coefficient (Wildman–Crippen LogP) is 4.56. The molecule has 2 amide bonds. The van der Waals surface area contributed by atoms with E-state index in [1.165, 1.54) is 7.05 Å². The first-order valence-electron chi connectivity index (χ1n) is 11.1. The summed E-state index contributed by atoms with van der Waals surface area (Å²) in [5, 5.41) is 4.98. The van der Waals surface area contributed by atoms with E-state index in [1.807, 2.05) is 29.8 Å². The van der Waals surface area contributed by atoms with Gasteiger partial charge in [0, 0.05) is 45.0 Å². The number of nitrogens with one attached hydrogen (secondary N) is 1. The molecular weight excluding hydrogens is 468 g/mol. The lowest BCUT2D eigenvalue weighted by molar-refractivity contribution is -0.117. The zero-order valence-corrected chi connectivity index (χ0v) is 20.0. The smallest absolute Gasteiger partial charge is 0.304 e. The highest BCUT2D eigenvalue weighted by molar-refractivity contribution is 6.34. The lowest BCUT2D eigenvalue weighted by Crippen LogP contribution is -2.30. The predicted molar refractivity (Wildman–Crippen MR) is 134 cm³/mol. The van der Waals surface area contributed by atoms with E-state index in [0.29, 0.717) is 46.6 Å². The van der Waals surface area contributed by atoms with Crippen LogP contribution in [0.25, 0.3) is 11.0 Å². The van der Waals surface area contributed by atoms with E-state index in [-0.39, 0.29) is 11.8 Å². The van der Waals surface area contributed by atoms with Gasteiger partial charge >= 0.3 is 5.91 Å². The van der Waals surface area contributed by atoms with Gasteiger partial charge in [-0.25, -0.2) is 4.98 Å². The van der Waals surface area contributed by atoms with E-state index < -0.39 is 0 Å². The summed E-state index contributed by atoms with van der Waals surface area (Å²) in [6.07, 6.45) is 2.92. The molecule has 0 unspecified atom stereocenters. The van der Waals surface area contributed by atoms with Gasteiger partial charge in [0.05, 0.1) is 21.7 Å². The molecule has 1 saturated heterocycles. The number of nitrogens with zero attached hydrogens (tertiary/aromatic N) is 5. The molecule has 0 saturated carbocycles. The largest absolute Gasteiger partial charge is 0.377 e. The van der Waals surface area contributed by atoms with Crippen LogP contribution in [0, 0.1) is 0 Å². The Morgan fingerprint density at radius 2 is 2.03 bits per heavy atom. The van der Waals surface area contributed by atoms with Crippen molar-refractivity contribution in [3.8, 4) is 5.75 Å². The number of hydrogen-bond acceptors (Lipinski definition) is 6. The molecule has 1 N–H and O–H groups in total. The number of pyridine rings is 1. The summed E-state index contributed by atoms with van der Waals surface area (Å²) >= 11 is 6.37. The van der Waals surface area contributed by atoms with Gasteiger partial charge in [-0.3, -0.25) is 14.6 Å². The number of amides is 2. The molecule has 1 aliphatic heterocycles. The normalized spacial score (nSPS) is 13.3. The highest BCUT2D eigenvalue weighted by Gasteiger charge is 2.24. The van der Waals surface area contributed by atoms with E-state index in [1.54, 1.807) is 47.5 Å². The Morgan fingerprint density at radius 3 is 2.77 bits per heavy atom. The number of aromatic nitrogens is 3. The number of halogens is 1. The second kappa shape index (κ2) is 9.27. The third-order valence-electron chi connectivity index (χ3n) is 5.83. The van der Waals surface area contributed by atoms with Gasteiger partial charge in [-0.05, 0) is 48.9 Å². The molecule has 2 aromatic heterocycles. The van der Waals surface area contributed by atoms with Crippen LogP contribution in [0.5, 0.6) is 5.75 Å². The Hall–Kier alpha value is -4.11. The number of carbonyl (C=O) groups excluding carboxylic acids is 2. The summed E-state index contributed by atoms with van der Waals surface area (Å²) in [5.74, 6) is 0.793. The standard InChI is InChI=1S/C25H23ClN6O3/c1-30-21-11-9-17(35-31(2)24(34)19-6-3-4-12-27-19)15-20(21)29-25(30)28-16-8-10-18(26)22(14-16)32-13-5-7-23(32)33/h3-4,6,8-12,14-15H,5,7,13H2,1-2H3,(H,28,29). The summed E-state index contributed by atoms with van der Waals surface area (Å²) in [6.45, 7) is 0.661. The van der Waals surface area contributed by atoms with Crippen molar-refractivity contribution in [3.05, 3.63) is 71.5 Å². The van der Waals surface area contributed by atoms with Crippen LogP contribution < -0.4 is 15.1 Å². The van der Waals surface area contributed by atoms with Crippen molar-refractivity contribution in [2.24, 2.45) is 7.05 Å². The minimum atomic E-state index is -0.357. The average Bonchev–Trinajstić information content (AvgIpc) is 3.42. The van der Waals surface area contributed by atoms with Gasteiger partial charge in [0.15, 0.2) is 5.75 Å². The van der Waals surface area contributed by atoms with Crippen LogP contribution in [0.15, 0.2) is 60.8 Å². The van der Waals surface area contributed by atoms with Gasteiger partial charge in [0.25, 0.3) is 0 Å². The summed E-state index contributed by atoms with van der Waals surface area (Å²) in [6, 6.07) is 16.0. The minimum absolute atomic E-state index is 0.0748. The van der Waals surface area contributed by atoms with Gasteiger partial charge in [-0.15, -0.1) is 0 Å². The molecule has 35 heavy (non-hydrogen) atoms. The summed E-state index contributed by atoms with van der Waals surface area (Å²) in [7, 11) is 3.44. The van der Waals surface area contributed by atoms with Gasteiger partial charge in [-0.2, -0.15) is 5.06 Å². The zero-order valence-electron chi connectivity index (χ0n) is 19.2. The lowest BCUT2D eigenvalue weighted by Gasteiger charge is -2.18. The van der Waals surface area contributed by atoms with Crippen LogP contribution in [-0.2, 0) is 11.8 Å². The fourth-order valence-electron chi connectivity index (χ4n) is 4.03. The Balaban J connectivity index is 1.36. The van der Waals surface area contributed by atoms with Gasteiger partial charge in [0.1, 0.15) is 5.69 Å². The number of rotatable bonds is 6. The number of imidazole rings is 1. The third kappa shape index (κ3) is 4.50. The second-order valence-electron chi connectivity index (χ2n) is 8.19. The van der Waals surface area contributed by atoms with Crippen LogP contribution in [0.2, 0.25) is 5.02 Å². The van der Waals surface area contributed by atoms with E-state index in [0.717, 1.165) is 22.7 Å². The Bertz CT molecular complexity index is 1420. The molecule has 3 heterocycles. The quantitative estimate of drug-likeness (QED) is 0.398. The molecule has 178 valence electrons. The van der Waals surface area contributed by atoms with Crippen LogP contribution in [0.1, 0.15) is 23.3 Å². The molecule has 5 rings (SSSR count). The number of carbonyl (C=O) groups is 2. The SMILES string of the molecule is CN(Oc1ccc2c(c1)nc(Nc1ccc(Cl)c(N3CCCC3=O)c1)n2C)C(=O)c1ccccn1. The van der Waals surface area contributed by atoms with Crippen molar-refractivity contribution in [1.82, 2.24) is 19.6 Å². The average molecular weight is 491 g/mol. The molecule has 0 radical (unpaired) electrons. The maximum atomic E-state index is 12.5. The van der Waals surface area contributed by atoms with Crippen molar-refractivity contribution < 1.29 is 14.4 Å². The van der Waals surface area contributed by atoms with Gasteiger partial charge in [0.2, 0.25) is 11.9 Å². The zero-order chi connectivity index (χ0) is 24.5. The molecule has 4 aromatic rings. The summed E-state index contributed by atoms with van der Waals surface area (Å²) in [5.41, 5.74) is 3.31. The number of aryl methyl sites for hydroxylation is 1. The molecule has 1 aliphatic rings. The molecular formula is C25H23ClN6O3. The second-order valence-corrected chi connectivity index (χ2v) is 8.60. The highest BCUT2D eigenvalue weighted by Crippen LogP contribution is 2.33. The van der Waals surface area contributed by atoms with Crippen molar-refractivity contribution in [2.75, 3.05) is 23.8 Å². The first kappa shape index (κ1) is 22.7. The van der Waals surface area contributed by atoms with Crippen molar-refractivity contribution in [3.63, 3.8) is 0 Å². The molecule has 0 bridgehead atoms. The monoisotopic (exact) mass is 490 g/mol. The maximum Gasteiger partial charge on any atom is 0.304 e. The molecule has 2 aromatic carbocycles. The van der Waals surface area contributed by atoms with E-state index in [2.05, 4.69) is 15.3 Å². The number of fused-ring (bicyclic) bond motifs is 1. The van der Waals surface area contributed by atoms with E-state index in [4.69, 9.17) is 16.4 Å². The third-order valence-corrected chi connectivity index (χ3v) is 6.15. The van der Waals surface area contributed by atoms with Crippen molar-refractivity contribution in [1.29, 1.82) is 0 Å². The minimum Gasteiger partial charge on any atom is -0.377 e. The van der Waals surface area contributed by atoms with Gasteiger partial charge in [-0.1, -0.05) is 17.7 Å². The number of hydroxylamine groups is 2. The van der Waals surface area contributed by atoms with Crippen LogP contribution >= 0.6 is 11.6 Å². The Morgan fingerprint density at radius 1 is 1.17 bits per heavy atom. The first-order chi connectivity index (χ1) is 16.9. The molecule has 0 spiro atoms. The molecule has 9 nitrogen and oxygen atoms in total. The maximum absolute atomic E-state index is 12.5. The lowest BCUT2D eigenvalue weighted by atomic mass is 10.2.